The molecule has 0 aliphatic carbocycles. The van der Waals surface area contributed by atoms with Crippen molar-refractivity contribution in [2.24, 2.45) is 5.73 Å². The minimum absolute atomic E-state index is 0.252. The van der Waals surface area contributed by atoms with E-state index in [4.69, 9.17) is 5.73 Å². The number of H-pyrrole nitrogens is 2. The van der Waals surface area contributed by atoms with Crippen LogP contribution in [0, 0.1) is 0 Å². The smallest absolute Gasteiger partial charge is 0.245 e. The summed E-state index contributed by atoms with van der Waals surface area (Å²) in [4.78, 5) is 15.6. The van der Waals surface area contributed by atoms with Gasteiger partial charge in [0.25, 0.3) is 0 Å². The third-order valence-corrected chi connectivity index (χ3v) is 3.95. The Kier molecular flexibility index (Phi) is 3.09. The van der Waals surface area contributed by atoms with E-state index in [-0.39, 0.29) is 5.91 Å². The Morgan fingerprint density at radius 3 is 2.96 bits per heavy atom. The Labute approximate surface area is 131 Å². The van der Waals surface area contributed by atoms with Crippen molar-refractivity contribution in [3.63, 3.8) is 0 Å². The molecule has 2 aromatic carbocycles. The van der Waals surface area contributed by atoms with E-state index in [1.807, 2.05) is 42.5 Å². The lowest BCUT2D eigenvalue weighted by molar-refractivity contribution is -0.117. The molecule has 0 saturated carbocycles. The van der Waals surface area contributed by atoms with Gasteiger partial charge in [-0.1, -0.05) is 18.2 Å². The third-order valence-electron chi connectivity index (χ3n) is 3.95. The largest absolute Gasteiger partial charge is 0.361 e. The lowest BCUT2D eigenvalue weighted by Gasteiger charge is -2.12. The summed E-state index contributed by atoms with van der Waals surface area (Å²) in [6.07, 6.45) is 3.50. The zero-order chi connectivity index (χ0) is 15.8. The van der Waals surface area contributed by atoms with Crippen molar-refractivity contribution in [2.75, 3.05) is 5.32 Å². The molecular weight excluding hydrogens is 290 g/mol. The number of para-hydroxylation sites is 1. The number of hydrogen-bond donors (Lipinski definition) is 4. The first kappa shape index (κ1) is 13.5. The maximum absolute atomic E-state index is 12.5. The van der Waals surface area contributed by atoms with Crippen molar-refractivity contribution < 1.29 is 4.79 Å². The van der Waals surface area contributed by atoms with Crippen LogP contribution in [-0.2, 0) is 4.79 Å². The van der Waals surface area contributed by atoms with Gasteiger partial charge in [0.05, 0.1) is 11.7 Å². The lowest BCUT2D eigenvalue weighted by atomic mass is 10.1. The van der Waals surface area contributed by atoms with Crippen LogP contribution >= 0.6 is 0 Å². The molecule has 2 aromatic heterocycles. The highest BCUT2D eigenvalue weighted by molar-refractivity contribution is 5.99. The molecule has 0 fully saturated rings. The number of carbonyl (C=O) groups is 1. The number of aromatic amines is 2. The Hall–Kier alpha value is -3.12. The van der Waals surface area contributed by atoms with Crippen LogP contribution in [0.5, 0.6) is 0 Å². The number of nitrogens with one attached hydrogen (secondary N) is 3. The normalized spacial score (nSPS) is 12.6. The molecule has 0 spiro atoms. The first-order valence-corrected chi connectivity index (χ1v) is 7.28. The van der Waals surface area contributed by atoms with Gasteiger partial charge >= 0.3 is 0 Å². The predicted molar refractivity (Wildman–Crippen MR) is 90.0 cm³/mol. The number of rotatable bonds is 3. The Bertz CT molecular complexity index is 1000. The summed E-state index contributed by atoms with van der Waals surface area (Å²) in [6, 6.07) is 12.6. The molecule has 23 heavy (non-hydrogen) atoms. The van der Waals surface area contributed by atoms with Gasteiger partial charge in [-0.15, -0.1) is 0 Å². The maximum Gasteiger partial charge on any atom is 0.245 e. The summed E-state index contributed by atoms with van der Waals surface area (Å²) >= 11 is 0. The standard InChI is InChI=1S/C17H15N5O/c18-16(13-9-19-15-4-2-1-3-12(13)15)17(23)21-11-5-6-14-10(7-11)8-20-22-14/h1-9,16,19H,18H2,(H,20,22)(H,21,23). The van der Waals surface area contributed by atoms with Gasteiger partial charge in [-0.2, -0.15) is 5.10 Å². The lowest BCUT2D eigenvalue weighted by Crippen LogP contribution is -2.27. The molecule has 1 atom stereocenters. The number of carbonyl (C=O) groups excluding carboxylic acids is 1. The summed E-state index contributed by atoms with van der Waals surface area (Å²) in [5.41, 5.74) is 9.50. The zero-order valence-corrected chi connectivity index (χ0v) is 12.2. The van der Waals surface area contributed by atoms with Gasteiger partial charge in [-0.3, -0.25) is 9.89 Å². The molecule has 0 aliphatic rings. The van der Waals surface area contributed by atoms with Crippen molar-refractivity contribution in [1.29, 1.82) is 0 Å². The van der Waals surface area contributed by atoms with Crippen LogP contribution in [0.15, 0.2) is 54.9 Å². The van der Waals surface area contributed by atoms with E-state index in [9.17, 15) is 4.79 Å². The van der Waals surface area contributed by atoms with Crippen molar-refractivity contribution in [2.45, 2.75) is 6.04 Å². The van der Waals surface area contributed by atoms with Gasteiger partial charge in [0.2, 0.25) is 5.91 Å². The number of aromatic nitrogens is 3. The second-order valence-electron chi connectivity index (χ2n) is 5.43. The van der Waals surface area contributed by atoms with Crippen molar-refractivity contribution in [3.05, 3.63) is 60.4 Å². The van der Waals surface area contributed by atoms with E-state index in [0.29, 0.717) is 5.69 Å². The van der Waals surface area contributed by atoms with E-state index in [2.05, 4.69) is 20.5 Å². The summed E-state index contributed by atoms with van der Waals surface area (Å²) in [5, 5.41) is 11.6. The molecule has 0 saturated heterocycles. The van der Waals surface area contributed by atoms with E-state index in [1.165, 1.54) is 0 Å². The van der Waals surface area contributed by atoms with Crippen molar-refractivity contribution >= 4 is 33.4 Å². The summed E-state index contributed by atoms with van der Waals surface area (Å²) in [5.74, 6) is -0.252. The van der Waals surface area contributed by atoms with Crippen molar-refractivity contribution in [1.82, 2.24) is 15.2 Å². The molecular formula is C17H15N5O. The summed E-state index contributed by atoms with van der Waals surface area (Å²) < 4.78 is 0. The molecule has 0 bridgehead atoms. The molecule has 6 heteroatoms. The molecule has 4 aromatic rings. The monoisotopic (exact) mass is 305 g/mol. The van der Waals surface area contributed by atoms with Gasteiger partial charge in [-0.25, -0.2) is 0 Å². The van der Waals surface area contributed by atoms with Crippen LogP contribution in [0.1, 0.15) is 11.6 Å². The number of hydrogen-bond acceptors (Lipinski definition) is 3. The zero-order valence-electron chi connectivity index (χ0n) is 12.2. The number of benzene rings is 2. The highest BCUT2D eigenvalue weighted by atomic mass is 16.2. The van der Waals surface area contributed by atoms with Gasteiger partial charge in [-0.05, 0) is 24.3 Å². The fourth-order valence-electron chi connectivity index (χ4n) is 2.73. The SMILES string of the molecule is NC(C(=O)Nc1ccc2[nH]ncc2c1)c1c[nH]c2ccccc12. The molecule has 6 nitrogen and oxygen atoms in total. The predicted octanol–water partition coefficient (Wildman–Crippen LogP) is 2.68. The van der Waals surface area contributed by atoms with Crippen molar-refractivity contribution in [3.8, 4) is 0 Å². The maximum atomic E-state index is 12.5. The number of fused-ring (bicyclic) bond motifs is 2. The second-order valence-corrected chi connectivity index (χ2v) is 5.43. The van der Waals surface area contributed by atoms with Crippen LogP contribution < -0.4 is 11.1 Å². The number of amides is 1. The number of nitrogens with two attached hydrogens (primary N) is 1. The molecule has 0 aliphatic heterocycles. The molecule has 1 amide bonds. The van der Waals surface area contributed by atoms with Crippen LogP contribution in [0.4, 0.5) is 5.69 Å². The molecule has 5 N–H and O–H groups in total. The average molecular weight is 305 g/mol. The minimum Gasteiger partial charge on any atom is -0.361 e. The van der Waals surface area contributed by atoms with Gasteiger partial charge in [0, 0.05) is 33.7 Å². The number of nitrogens with zero attached hydrogens (tertiary/aromatic N) is 1. The van der Waals surface area contributed by atoms with Gasteiger partial charge < -0.3 is 16.0 Å². The van der Waals surface area contributed by atoms with E-state index < -0.39 is 6.04 Å². The summed E-state index contributed by atoms with van der Waals surface area (Å²) in [6.45, 7) is 0. The Morgan fingerprint density at radius 2 is 2.04 bits per heavy atom. The van der Waals surface area contributed by atoms with Gasteiger partial charge in [0.1, 0.15) is 6.04 Å². The van der Waals surface area contributed by atoms with Gasteiger partial charge in [0.15, 0.2) is 0 Å². The van der Waals surface area contributed by atoms with Crippen LogP contribution in [0.25, 0.3) is 21.8 Å². The van der Waals surface area contributed by atoms with E-state index in [1.54, 1.807) is 12.4 Å². The highest BCUT2D eigenvalue weighted by Gasteiger charge is 2.19. The molecule has 114 valence electrons. The summed E-state index contributed by atoms with van der Waals surface area (Å²) in [7, 11) is 0. The van der Waals surface area contributed by atoms with Crippen LogP contribution in [0.3, 0.4) is 0 Å². The topological polar surface area (TPSA) is 99.6 Å². The first-order chi connectivity index (χ1) is 11.2. The molecule has 1 unspecified atom stereocenters. The van der Waals surface area contributed by atoms with Crippen LogP contribution in [-0.4, -0.2) is 21.1 Å². The number of anilines is 1. The average Bonchev–Trinajstić information content (AvgIpc) is 3.20. The third kappa shape index (κ3) is 2.35. The molecule has 2 heterocycles. The Balaban J connectivity index is 1.60. The molecule has 4 rings (SSSR count). The van der Waals surface area contributed by atoms with E-state index in [0.717, 1.165) is 27.4 Å². The molecule has 0 radical (unpaired) electrons. The fourth-order valence-corrected chi connectivity index (χ4v) is 2.73. The highest BCUT2D eigenvalue weighted by Crippen LogP contribution is 2.24. The van der Waals surface area contributed by atoms with Crippen LogP contribution in [0.2, 0.25) is 0 Å². The first-order valence-electron chi connectivity index (χ1n) is 7.28. The Morgan fingerprint density at radius 1 is 1.17 bits per heavy atom. The second kappa shape index (κ2) is 5.26. The minimum atomic E-state index is -0.744. The quantitative estimate of drug-likeness (QED) is 0.468. The van der Waals surface area contributed by atoms with E-state index >= 15 is 0 Å². The fraction of sp³-hybridized carbons (Fsp3) is 0.0588.